The first-order valence-corrected chi connectivity index (χ1v) is 7.58. The van der Waals surface area contributed by atoms with E-state index in [4.69, 9.17) is 4.42 Å². The van der Waals surface area contributed by atoms with E-state index in [0.717, 1.165) is 0 Å². The number of carboxylic acids is 1. The highest BCUT2D eigenvalue weighted by atomic mass is 32.2. The zero-order valence-electron chi connectivity index (χ0n) is 11.4. The second-order valence-electron chi connectivity index (χ2n) is 4.85. The maximum atomic E-state index is 12.1. The summed E-state index contributed by atoms with van der Waals surface area (Å²) in [5.74, 6) is -0.996. The Morgan fingerprint density at radius 1 is 1.48 bits per heavy atom. The van der Waals surface area contributed by atoms with Crippen LogP contribution in [0.2, 0.25) is 0 Å². The maximum absolute atomic E-state index is 12.1. The van der Waals surface area contributed by atoms with E-state index in [1.54, 1.807) is 6.07 Å². The molecule has 0 saturated carbocycles. The van der Waals surface area contributed by atoms with Gasteiger partial charge in [-0.05, 0) is 31.2 Å². The Labute approximate surface area is 125 Å². The summed E-state index contributed by atoms with van der Waals surface area (Å²) in [6.07, 6.45) is 1.73. The molecule has 0 radical (unpaired) electrons. The van der Waals surface area contributed by atoms with Crippen molar-refractivity contribution in [1.29, 1.82) is 0 Å². The summed E-state index contributed by atoms with van der Waals surface area (Å²) in [5.41, 5.74) is -1.24. The van der Waals surface area contributed by atoms with Crippen molar-refractivity contribution in [2.24, 2.45) is 0 Å². The first kappa shape index (κ1) is 15.4. The lowest BCUT2D eigenvalue weighted by molar-refractivity contribution is -0.146. The quantitative estimate of drug-likeness (QED) is 0.729. The van der Waals surface area contributed by atoms with Gasteiger partial charge >= 0.3 is 5.97 Å². The van der Waals surface area contributed by atoms with Gasteiger partial charge in [0, 0.05) is 5.75 Å². The molecule has 1 aliphatic rings. The zero-order valence-corrected chi connectivity index (χ0v) is 12.2. The van der Waals surface area contributed by atoms with Crippen LogP contribution in [0.25, 0.3) is 0 Å². The van der Waals surface area contributed by atoms with Gasteiger partial charge in [0.2, 0.25) is 5.91 Å². The number of hydrogen-bond acceptors (Lipinski definition) is 5. The van der Waals surface area contributed by atoms with E-state index in [-0.39, 0.29) is 5.76 Å². The number of furan rings is 1. The molecule has 0 aliphatic carbocycles. The molecule has 1 aliphatic heterocycles. The number of carbonyl (C=O) groups is 3. The van der Waals surface area contributed by atoms with Gasteiger partial charge in [0.25, 0.3) is 5.91 Å². The summed E-state index contributed by atoms with van der Waals surface area (Å²) in [5, 5.41) is 14.3. The van der Waals surface area contributed by atoms with Crippen LogP contribution >= 0.6 is 11.8 Å². The standard InChI is InChI=1S/C13H16N2O5S/c1-8(14-11(17)9-3-2-5-20-9)10(16)15-13(12(18)19)4-6-21-7-13/h2-3,5,8H,4,6-7H2,1H3,(H,14,17)(H,15,16)(H,18,19). The molecule has 0 bridgehead atoms. The minimum absolute atomic E-state index is 0.0963. The first-order valence-electron chi connectivity index (χ1n) is 6.42. The molecular formula is C13H16N2O5S. The Morgan fingerprint density at radius 2 is 2.24 bits per heavy atom. The fraction of sp³-hybridized carbons (Fsp3) is 0.462. The van der Waals surface area contributed by atoms with Crippen LogP contribution in [0, 0.1) is 0 Å². The van der Waals surface area contributed by atoms with Crippen LogP contribution in [0.3, 0.4) is 0 Å². The third kappa shape index (κ3) is 3.38. The van der Waals surface area contributed by atoms with Gasteiger partial charge in [-0.15, -0.1) is 0 Å². The molecule has 0 aromatic carbocycles. The van der Waals surface area contributed by atoms with E-state index in [2.05, 4.69) is 10.6 Å². The highest BCUT2D eigenvalue weighted by molar-refractivity contribution is 7.99. The van der Waals surface area contributed by atoms with Gasteiger partial charge in [0.05, 0.1) is 6.26 Å². The molecular weight excluding hydrogens is 296 g/mol. The van der Waals surface area contributed by atoms with Gasteiger partial charge in [0.15, 0.2) is 5.76 Å². The maximum Gasteiger partial charge on any atom is 0.330 e. The number of amides is 2. The first-order chi connectivity index (χ1) is 9.94. The number of aliphatic carboxylic acids is 1. The highest BCUT2D eigenvalue weighted by Crippen LogP contribution is 2.28. The zero-order chi connectivity index (χ0) is 15.5. The molecule has 1 fully saturated rings. The Morgan fingerprint density at radius 3 is 2.76 bits per heavy atom. The van der Waals surface area contributed by atoms with Crippen LogP contribution in [0.15, 0.2) is 22.8 Å². The number of carbonyl (C=O) groups excluding carboxylic acids is 2. The molecule has 1 saturated heterocycles. The Kier molecular flexibility index (Phi) is 4.56. The number of nitrogens with one attached hydrogen (secondary N) is 2. The van der Waals surface area contributed by atoms with Crippen LogP contribution in [0.5, 0.6) is 0 Å². The monoisotopic (exact) mass is 312 g/mol. The lowest BCUT2D eigenvalue weighted by atomic mass is 9.98. The fourth-order valence-corrected chi connectivity index (χ4v) is 3.30. The average molecular weight is 312 g/mol. The van der Waals surface area contributed by atoms with Crippen LogP contribution in [-0.2, 0) is 9.59 Å². The molecule has 2 amide bonds. The molecule has 1 aromatic heterocycles. The van der Waals surface area contributed by atoms with E-state index in [1.165, 1.54) is 31.0 Å². The molecule has 2 heterocycles. The van der Waals surface area contributed by atoms with Crippen LogP contribution in [0.4, 0.5) is 0 Å². The predicted molar refractivity (Wildman–Crippen MR) is 76.1 cm³/mol. The average Bonchev–Trinajstić information content (AvgIpc) is 3.10. The molecule has 0 spiro atoms. The van der Waals surface area contributed by atoms with Crippen LogP contribution in [0.1, 0.15) is 23.9 Å². The number of carboxylic acid groups (broad SMARTS) is 1. The summed E-state index contributed by atoms with van der Waals surface area (Å²) < 4.78 is 4.93. The normalized spacial score (nSPS) is 22.5. The second-order valence-corrected chi connectivity index (χ2v) is 5.96. The summed E-state index contributed by atoms with van der Waals surface area (Å²) in [7, 11) is 0. The van der Waals surface area contributed by atoms with Gasteiger partial charge < -0.3 is 20.2 Å². The van der Waals surface area contributed by atoms with E-state index >= 15 is 0 Å². The predicted octanol–water partition coefficient (Wildman–Crippen LogP) is 0.474. The third-order valence-electron chi connectivity index (χ3n) is 3.28. The summed E-state index contributed by atoms with van der Waals surface area (Å²) in [6, 6.07) is 2.19. The lowest BCUT2D eigenvalue weighted by Gasteiger charge is -2.26. The fourth-order valence-electron chi connectivity index (χ4n) is 1.97. The molecule has 1 aromatic rings. The van der Waals surface area contributed by atoms with Crippen molar-refractivity contribution in [1.82, 2.24) is 10.6 Å². The highest BCUT2D eigenvalue weighted by Gasteiger charge is 2.44. The van der Waals surface area contributed by atoms with Crippen molar-refractivity contribution < 1.29 is 23.9 Å². The van der Waals surface area contributed by atoms with Crippen molar-refractivity contribution in [2.45, 2.75) is 24.9 Å². The minimum atomic E-state index is -1.24. The minimum Gasteiger partial charge on any atom is -0.479 e. The molecule has 7 nitrogen and oxygen atoms in total. The Hall–Kier alpha value is -1.96. The van der Waals surface area contributed by atoms with Gasteiger partial charge in [0.1, 0.15) is 11.6 Å². The largest absolute Gasteiger partial charge is 0.479 e. The van der Waals surface area contributed by atoms with Gasteiger partial charge in [-0.2, -0.15) is 11.8 Å². The van der Waals surface area contributed by atoms with Crippen LogP contribution < -0.4 is 10.6 Å². The Bertz CT molecular complexity index is 537. The molecule has 8 heteroatoms. The SMILES string of the molecule is CC(NC(=O)c1ccco1)C(=O)NC1(C(=O)O)CCSC1. The van der Waals surface area contributed by atoms with E-state index < -0.39 is 29.4 Å². The number of thioether (sulfide) groups is 1. The van der Waals surface area contributed by atoms with Gasteiger partial charge in [-0.1, -0.05) is 0 Å². The van der Waals surface area contributed by atoms with E-state index in [0.29, 0.717) is 17.9 Å². The molecule has 2 unspecified atom stereocenters. The van der Waals surface area contributed by atoms with Gasteiger partial charge in [-0.25, -0.2) is 4.79 Å². The van der Waals surface area contributed by atoms with E-state index in [9.17, 15) is 19.5 Å². The lowest BCUT2D eigenvalue weighted by Crippen LogP contribution is -2.59. The van der Waals surface area contributed by atoms with Gasteiger partial charge in [-0.3, -0.25) is 9.59 Å². The molecule has 114 valence electrons. The smallest absolute Gasteiger partial charge is 0.330 e. The number of rotatable bonds is 5. The molecule has 3 N–H and O–H groups in total. The molecule has 21 heavy (non-hydrogen) atoms. The van der Waals surface area contributed by atoms with Crippen molar-refractivity contribution in [3.05, 3.63) is 24.2 Å². The van der Waals surface area contributed by atoms with Crippen molar-refractivity contribution in [2.75, 3.05) is 11.5 Å². The van der Waals surface area contributed by atoms with E-state index in [1.807, 2.05) is 0 Å². The summed E-state index contributed by atoms with van der Waals surface area (Å²) >= 11 is 1.48. The molecule has 2 rings (SSSR count). The van der Waals surface area contributed by atoms with Crippen molar-refractivity contribution >= 4 is 29.5 Å². The van der Waals surface area contributed by atoms with Crippen molar-refractivity contribution in [3.8, 4) is 0 Å². The Balaban J connectivity index is 1.96. The third-order valence-corrected chi connectivity index (χ3v) is 4.47. The van der Waals surface area contributed by atoms with Crippen molar-refractivity contribution in [3.63, 3.8) is 0 Å². The molecule has 2 atom stereocenters. The topological polar surface area (TPSA) is 109 Å². The second kappa shape index (κ2) is 6.21. The summed E-state index contributed by atoms with van der Waals surface area (Å²) in [4.78, 5) is 35.2. The number of hydrogen-bond donors (Lipinski definition) is 3. The van der Waals surface area contributed by atoms with Crippen LogP contribution in [-0.4, -0.2) is 46.0 Å². The summed E-state index contributed by atoms with van der Waals surface area (Å²) in [6.45, 7) is 1.49.